The Morgan fingerprint density at radius 1 is 1.07 bits per heavy atom. The highest BCUT2D eigenvalue weighted by Crippen LogP contribution is 2.29. The van der Waals surface area contributed by atoms with Crippen LogP contribution in [0, 0.1) is 6.92 Å². The molecule has 156 valence electrons. The van der Waals surface area contributed by atoms with E-state index in [0.29, 0.717) is 25.2 Å². The highest BCUT2D eigenvalue weighted by molar-refractivity contribution is 7.89. The van der Waals surface area contributed by atoms with E-state index in [9.17, 15) is 13.2 Å². The summed E-state index contributed by atoms with van der Waals surface area (Å²) in [6.45, 7) is 3.36. The Morgan fingerprint density at radius 2 is 1.79 bits per heavy atom. The van der Waals surface area contributed by atoms with Gasteiger partial charge in [-0.2, -0.15) is 4.31 Å². The fourth-order valence-corrected chi connectivity index (χ4v) is 5.25. The number of nitrogens with one attached hydrogen (secondary N) is 1. The fourth-order valence-electron chi connectivity index (χ4n) is 3.55. The monoisotopic (exact) mass is 416 g/mol. The second kappa shape index (κ2) is 9.41. The van der Waals surface area contributed by atoms with Crippen LogP contribution >= 0.6 is 0 Å². The van der Waals surface area contributed by atoms with Crippen LogP contribution in [0.1, 0.15) is 47.2 Å². The number of nitrogens with zero attached hydrogens (tertiary/aromatic N) is 1. The normalized spacial score (nSPS) is 15.5. The molecule has 2 aromatic rings. The Morgan fingerprint density at radius 3 is 2.45 bits per heavy atom. The van der Waals surface area contributed by atoms with Gasteiger partial charge in [-0.1, -0.05) is 42.7 Å². The third kappa shape index (κ3) is 5.16. The molecule has 1 N–H and O–H groups in total. The van der Waals surface area contributed by atoms with E-state index in [0.717, 1.165) is 36.8 Å². The third-order valence-corrected chi connectivity index (χ3v) is 7.06. The van der Waals surface area contributed by atoms with Crippen molar-refractivity contribution in [1.82, 2.24) is 9.62 Å². The maximum atomic E-state index is 13.2. The first-order valence-electron chi connectivity index (χ1n) is 9.94. The van der Waals surface area contributed by atoms with Crippen LogP contribution in [0.25, 0.3) is 0 Å². The van der Waals surface area contributed by atoms with Crippen molar-refractivity contribution in [1.29, 1.82) is 0 Å². The molecule has 1 saturated heterocycles. The van der Waals surface area contributed by atoms with E-state index in [-0.39, 0.29) is 16.6 Å². The van der Waals surface area contributed by atoms with Gasteiger partial charge in [-0.15, -0.1) is 0 Å². The SMILES string of the molecule is COc1ccc(C(=O)NCc2cccc(C)c2)cc1S(=O)(=O)N1CCCCCC1. The lowest BCUT2D eigenvalue weighted by Gasteiger charge is -2.21. The zero-order chi connectivity index (χ0) is 20.9. The van der Waals surface area contributed by atoms with Crippen molar-refractivity contribution in [3.05, 3.63) is 59.2 Å². The summed E-state index contributed by atoms with van der Waals surface area (Å²) in [5, 5.41) is 2.86. The number of carbonyl (C=O) groups is 1. The Hall–Kier alpha value is -2.38. The highest BCUT2D eigenvalue weighted by Gasteiger charge is 2.29. The van der Waals surface area contributed by atoms with Gasteiger partial charge in [0.05, 0.1) is 7.11 Å². The van der Waals surface area contributed by atoms with Crippen molar-refractivity contribution >= 4 is 15.9 Å². The molecule has 0 aromatic heterocycles. The first-order valence-corrected chi connectivity index (χ1v) is 11.4. The first-order chi connectivity index (χ1) is 13.9. The lowest BCUT2D eigenvalue weighted by atomic mass is 10.1. The van der Waals surface area contributed by atoms with Crippen molar-refractivity contribution in [2.45, 2.75) is 44.0 Å². The second-order valence-corrected chi connectivity index (χ2v) is 9.26. The molecule has 1 aliphatic heterocycles. The lowest BCUT2D eigenvalue weighted by molar-refractivity contribution is 0.0950. The molecule has 0 aliphatic carbocycles. The number of aryl methyl sites for hydroxylation is 1. The van der Waals surface area contributed by atoms with Crippen molar-refractivity contribution in [2.75, 3.05) is 20.2 Å². The van der Waals surface area contributed by atoms with Crippen molar-refractivity contribution in [3.63, 3.8) is 0 Å². The Balaban J connectivity index is 1.83. The number of methoxy groups -OCH3 is 1. The standard InChI is InChI=1S/C22H28N2O4S/c1-17-8-7-9-18(14-17)16-23-22(25)19-10-11-20(28-2)21(15-19)29(26,27)24-12-5-3-4-6-13-24/h7-11,14-15H,3-6,12-13,16H2,1-2H3,(H,23,25). The molecule has 3 rings (SSSR count). The van der Waals surface area contributed by atoms with Crippen molar-refractivity contribution < 1.29 is 17.9 Å². The van der Waals surface area contributed by atoms with Gasteiger partial charge in [0, 0.05) is 25.2 Å². The van der Waals surface area contributed by atoms with E-state index >= 15 is 0 Å². The van der Waals surface area contributed by atoms with E-state index in [1.807, 2.05) is 31.2 Å². The fraction of sp³-hybridized carbons (Fsp3) is 0.409. The van der Waals surface area contributed by atoms with Crippen molar-refractivity contribution in [2.24, 2.45) is 0 Å². The lowest BCUT2D eigenvalue weighted by Crippen LogP contribution is -2.32. The summed E-state index contributed by atoms with van der Waals surface area (Å²) >= 11 is 0. The van der Waals surface area contributed by atoms with Crippen LogP contribution in [0.2, 0.25) is 0 Å². The molecule has 1 aliphatic rings. The number of ether oxygens (including phenoxy) is 1. The van der Waals surface area contributed by atoms with Gasteiger partial charge in [0.25, 0.3) is 5.91 Å². The summed E-state index contributed by atoms with van der Waals surface area (Å²) in [5.74, 6) is -0.0639. The van der Waals surface area contributed by atoms with Gasteiger partial charge in [0.15, 0.2) is 0 Å². The Kier molecular flexibility index (Phi) is 6.92. The predicted octanol–water partition coefficient (Wildman–Crippen LogP) is 3.50. The molecule has 1 amide bonds. The molecule has 1 fully saturated rings. The van der Waals surface area contributed by atoms with Crippen LogP contribution in [0.15, 0.2) is 47.4 Å². The molecule has 0 spiro atoms. The molecule has 0 saturated carbocycles. The van der Waals surface area contributed by atoms with Gasteiger partial charge in [-0.25, -0.2) is 8.42 Å². The summed E-state index contributed by atoms with van der Waals surface area (Å²) in [4.78, 5) is 12.7. The number of hydrogen-bond donors (Lipinski definition) is 1. The van der Waals surface area contributed by atoms with E-state index < -0.39 is 10.0 Å². The number of carbonyl (C=O) groups excluding carboxylic acids is 1. The number of sulfonamides is 1. The summed E-state index contributed by atoms with van der Waals surface area (Å²) in [6.07, 6.45) is 3.76. The average molecular weight is 417 g/mol. The van der Waals surface area contributed by atoms with Crippen LogP contribution in [-0.4, -0.2) is 38.8 Å². The Labute approximate surface area is 172 Å². The number of hydrogen-bond acceptors (Lipinski definition) is 4. The molecule has 1 heterocycles. The molecule has 6 nitrogen and oxygen atoms in total. The maximum absolute atomic E-state index is 13.2. The molecule has 29 heavy (non-hydrogen) atoms. The quantitative estimate of drug-likeness (QED) is 0.782. The van der Waals surface area contributed by atoms with Crippen LogP contribution in [0.4, 0.5) is 0 Å². The van der Waals surface area contributed by atoms with Gasteiger partial charge < -0.3 is 10.1 Å². The predicted molar refractivity (Wildman–Crippen MR) is 113 cm³/mol. The molecule has 0 radical (unpaired) electrons. The number of benzene rings is 2. The van der Waals surface area contributed by atoms with E-state index in [4.69, 9.17) is 4.74 Å². The maximum Gasteiger partial charge on any atom is 0.251 e. The summed E-state index contributed by atoms with van der Waals surface area (Å²) in [5.41, 5.74) is 2.41. The molecule has 0 bridgehead atoms. The van der Waals surface area contributed by atoms with E-state index in [2.05, 4.69) is 5.32 Å². The zero-order valence-electron chi connectivity index (χ0n) is 17.0. The number of amides is 1. The molecular formula is C22H28N2O4S. The molecule has 7 heteroatoms. The molecule has 0 unspecified atom stereocenters. The molecule has 0 atom stereocenters. The van der Waals surface area contributed by atoms with Crippen molar-refractivity contribution in [3.8, 4) is 5.75 Å². The minimum absolute atomic E-state index is 0.0464. The van der Waals surface area contributed by atoms with Crippen LogP contribution in [0.3, 0.4) is 0 Å². The minimum atomic E-state index is -3.73. The number of rotatable bonds is 6. The first kappa shape index (κ1) is 21.3. The topological polar surface area (TPSA) is 75.7 Å². The third-order valence-electron chi connectivity index (χ3n) is 5.14. The van der Waals surface area contributed by atoms with Crippen LogP contribution in [-0.2, 0) is 16.6 Å². The van der Waals surface area contributed by atoms with E-state index in [1.165, 1.54) is 17.5 Å². The van der Waals surface area contributed by atoms with Gasteiger partial charge in [-0.3, -0.25) is 4.79 Å². The summed E-state index contributed by atoms with van der Waals surface area (Å²) < 4.78 is 33.3. The zero-order valence-corrected chi connectivity index (χ0v) is 17.8. The van der Waals surface area contributed by atoms with Crippen LogP contribution in [0.5, 0.6) is 5.75 Å². The largest absolute Gasteiger partial charge is 0.495 e. The Bertz CT molecular complexity index is 965. The van der Waals surface area contributed by atoms with Gasteiger partial charge >= 0.3 is 0 Å². The average Bonchev–Trinajstić information content (AvgIpc) is 3.02. The summed E-state index contributed by atoms with van der Waals surface area (Å²) in [7, 11) is -2.29. The van der Waals surface area contributed by atoms with Gasteiger partial charge in [0.1, 0.15) is 10.6 Å². The highest BCUT2D eigenvalue weighted by atomic mass is 32.2. The van der Waals surface area contributed by atoms with E-state index in [1.54, 1.807) is 12.1 Å². The van der Waals surface area contributed by atoms with Gasteiger partial charge in [0.2, 0.25) is 10.0 Å². The minimum Gasteiger partial charge on any atom is -0.495 e. The van der Waals surface area contributed by atoms with Crippen LogP contribution < -0.4 is 10.1 Å². The second-order valence-electron chi connectivity index (χ2n) is 7.36. The smallest absolute Gasteiger partial charge is 0.251 e. The summed E-state index contributed by atoms with van der Waals surface area (Å²) in [6, 6.07) is 12.4. The molecule has 2 aromatic carbocycles. The molecular weight excluding hydrogens is 388 g/mol. The van der Waals surface area contributed by atoms with Gasteiger partial charge in [-0.05, 0) is 43.5 Å².